The van der Waals surface area contributed by atoms with Crippen LogP contribution in [0.25, 0.3) is 0 Å². The molecule has 2 rings (SSSR count). The van der Waals surface area contributed by atoms with Gasteiger partial charge in [-0.1, -0.05) is 49.7 Å². The van der Waals surface area contributed by atoms with Crippen molar-refractivity contribution in [1.29, 1.82) is 0 Å². The van der Waals surface area contributed by atoms with Gasteiger partial charge in [0.2, 0.25) is 15.9 Å². The second-order valence-electron chi connectivity index (χ2n) is 6.32. The number of para-hydroxylation sites is 1. The van der Waals surface area contributed by atoms with Gasteiger partial charge in [0.1, 0.15) is 6.04 Å². The smallest absolute Gasteiger partial charge is 0.248 e. The van der Waals surface area contributed by atoms with Gasteiger partial charge in [-0.15, -0.1) is 0 Å². The number of nitrogens with one attached hydrogen (secondary N) is 1. The molecule has 2 aromatic carbocycles. The van der Waals surface area contributed by atoms with Crippen molar-refractivity contribution in [3.8, 4) is 0 Å². The number of anilines is 2. The summed E-state index contributed by atoms with van der Waals surface area (Å²) in [7, 11) is -3.62. The normalized spacial score (nSPS) is 12.5. The van der Waals surface area contributed by atoms with Gasteiger partial charge in [-0.05, 0) is 43.5 Å². The largest absolute Gasteiger partial charge is 0.324 e. The molecule has 0 radical (unpaired) electrons. The molecule has 1 atom stereocenters. The molecule has 0 aromatic heterocycles. The van der Waals surface area contributed by atoms with E-state index in [2.05, 4.69) is 5.32 Å². The molecule has 2 aromatic rings. The van der Waals surface area contributed by atoms with Crippen molar-refractivity contribution in [2.24, 2.45) is 0 Å². The fourth-order valence-electron chi connectivity index (χ4n) is 2.92. The van der Waals surface area contributed by atoms with Crippen LogP contribution < -0.4 is 9.62 Å². The number of benzene rings is 2. The summed E-state index contributed by atoms with van der Waals surface area (Å²) >= 11 is 0. The molecule has 0 unspecified atom stereocenters. The van der Waals surface area contributed by atoms with Gasteiger partial charge in [0.05, 0.1) is 11.9 Å². The predicted molar refractivity (Wildman–Crippen MR) is 107 cm³/mol. The summed E-state index contributed by atoms with van der Waals surface area (Å²) in [5.74, 6) is -0.334. The number of carbonyl (C=O) groups is 1. The molecule has 0 heterocycles. The zero-order valence-corrected chi connectivity index (χ0v) is 16.5. The lowest BCUT2D eigenvalue weighted by atomic mass is 10.1. The first-order chi connectivity index (χ1) is 12.3. The molecule has 0 fully saturated rings. The van der Waals surface area contributed by atoms with Crippen LogP contribution in [0.5, 0.6) is 0 Å². The third kappa shape index (κ3) is 4.64. The Labute approximate surface area is 156 Å². The molecule has 1 amide bonds. The molecular formula is C20H26N2O3S. The number of nitrogens with zero attached hydrogens (tertiary/aromatic N) is 1. The Hall–Kier alpha value is -2.34. The number of aryl methyl sites for hydroxylation is 2. The Balaban J connectivity index is 2.38. The quantitative estimate of drug-likeness (QED) is 0.803. The average molecular weight is 375 g/mol. The Bertz CT molecular complexity index is 861. The molecule has 0 saturated heterocycles. The fourth-order valence-corrected chi connectivity index (χ4v) is 4.13. The fraction of sp³-hybridized carbons (Fsp3) is 0.350. The van der Waals surface area contributed by atoms with Gasteiger partial charge in [0.15, 0.2) is 0 Å². The maximum absolute atomic E-state index is 12.9. The van der Waals surface area contributed by atoms with E-state index in [0.29, 0.717) is 12.1 Å². The highest BCUT2D eigenvalue weighted by molar-refractivity contribution is 7.92. The van der Waals surface area contributed by atoms with E-state index in [9.17, 15) is 13.2 Å². The van der Waals surface area contributed by atoms with Crippen LogP contribution >= 0.6 is 0 Å². The van der Waals surface area contributed by atoms with E-state index in [1.54, 1.807) is 12.1 Å². The van der Waals surface area contributed by atoms with Crippen LogP contribution in [0.2, 0.25) is 0 Å². The third-order valence-corrected chi connectivity index (χ3v) is 5.45. The number of hydrogen-bond donors (Lipinski definition) is 1. The van der Waals surface area contributed by atoms with Crippen LogP contribution in [0.15, 0.2) is 48.5 Å². The highest BCUT2D eigenvalue weighted by atomic mass is 32.2. The monoisotopic (exact) mass is 374 g/mol. The number of hydrogen-bond acceptors (Lipinski definition) is 3. The van der Waals surface area contributed by atoms with Crippen LogP contribution in [-0.2, 0) is 21.2 Å². The molecule has 0 aliphatic heterocycles. The van der Waals surface area contributed by atoms with E-state index in [4.69, 9.17) is 0 Å². The van der Waals surface area contributed by atoms with Crippen molar-refractivity contribution in [2.75, 3.05) is 15.9 Å². The molecule has 6 heteroatoms. The molecule has 1 N–H and O–H groups in total. The van der Waals surface area contributed by atoms with Crippen molar-refractivity contribution in [2.45, 2.75) is 39.7 Å². The lowest BCUT2D eigenvalue weighted by Crippen LogP contribution is -2.47. The van der Waals surface area contributed by atoms with E-state index in [1.165, 1.54) is 4.31 Å². The topological polar surface area (TPSA) is 66.5 Å². The minimum absolute atomic E-state index is 0.334. The second-order valence-corrected chi connectivity index (χ2v) is 8.18. The first-order valence-corrected chi connectivity index (χ1v) is 10.6. The molecule has 5 nitrogen and oxygen atoms in total. The van der Waals surface area contributed by atoms with Crippen molar-refractivity contribution < 1.29 is 13.2 Å². The third-order valence-electron chi connectivity index (χ3n) is 4.27. The summed E-state index contributed by atoms with van der Waals surface area (Å²) in [6.45, 7) is 5.75. The molecule has 0 aliphatic rings. The number of rotatable bonds is 7. The van der Waals surface area contributed by atoms with Gasteiger partial charge in [0, 0.05) is 5.69 Å². The van der Waals surface area contributed by atoms with Gasteiger partial charge in [0.25, 0.3) is 0 Å². The second kappa shape index (κ2) is 8.36. The lowest BCUT2D eigenvalue weighted by molar-refractivity contribution is -0.117. The molecule has 26 heavy (non-hydrogen) atoms. The minimum Gasteiger partial charge on any atom is -0.324 e. The van der Waals surface area contributed by atoms with E-state index in [1.807, 2.05) is 57.2 Å². The first-order valence-electron chi connectivity index (χ1n) is 8.72. The summed E-state index contributed by atoms with van der Waals surface area (Å²) in [5.41, 5.74) is 3.24. The van der Waals surface area contributed by atoms with E-state index in [0.717, 1.165) is 29.5 Å². The molecular weight excluding hydrogens is 348 g/mol. The van der Waals surface area contributed by atoms with Gasteiger partial charge in [-0.3, -0.25) is 9.10 Å². The van der Waals surface area contributed by atoms with E-state index in [-0.39, 0.29) is 5.91 Å². The highest BCUT2D eigenvalue weighted by Crippen LogP contribution is 2.24. The van der Waals surface area contributed by atoms with Crippen LogP contribution in [0.1, 0.15) is 31.4 Å². The summed E-state index contributed by atoms with van der Waals surface area (Å²) in [5, 5.41) is 2.90. The van der Waals surface area contributed by atoms with Gasteiger partial charge < -0.3 is 5.32 Å². The summed E-state index contributed by atoms with van der Waals surface area (Å²) in [6, 6.07) is 13.9. The zero-order valence-electron chi connectivity index (χ0n) is 15.7. The Morgan fingerprint density at radius 3 is 2.23 bits per heavy atom. The molecule has 0 aliphatic carbocycles. The zero-order chi connectivity index (χ0) is 19.3. The number of carbonyl (C=O) groups excluding carboxylic acids is 1. The van der Waals surface area contributed by atoms with Crippen molar-refractivity contribution >= 4 is 27.3 Å². The Kier molecular flexibility index (Phi) is 6.42. The van der Waals surface area contributed by atoms with E-state index < -0.39 is 16.1 Å². The van der Waals surface area contributed by atoms with Gasteiger partial charge in [-0.2, -0.15) is 0 Å². The van der Waals surface area contributed by atoms with Crippen molar-refractivity contribution in [3.63, 3.8) is 0 Å². The predicted octanol–water partition coefficient (Wildman–Crippen LogP) is 3.74. The maximum atomic E-state index is 12.9. The van der Waals surface area contributed by atoms with Crippen molar-refractivity contribution in [3.05, 3.63) is 59.7 Å². The van der Waals surface area contributed by atoms with Crippen LogP contribution in [0, 0.1) is 6.92 Å². The SMILES string of the molecule is CCc1ccccc1NC(=O)[C@H](CC)N(c1ccc(C)cc1)S(C)(=O)=O. The summed E-state index contributed by atoms with van der Waals surface area (Å²) in [4.78, 5) is 12.9. The summed E-state index contributed by atoms with van der Waals surface area (Å²) < 4.78 is 26.1. The van der Waals surface area contributed by atoms with Crippen molar-refractivity contribution in [1.82, 2.24) is 0 Å². The molecule has 0 bridgehead atoms. The van der Waals surface area contributed by atoms with Crippen LogP contribution in [-0.4, -0.2) is 26.6 Å². The first kappa shape index (κ1) is 20.0. The van der Waals surface area contributed by atoms with Gasteiger partial charge in [-0.25, -0.2) is 8.42 Å². The summed E-state index contributed by atoms with van der Waals surface area (Å²) in [6.07, 6.45) is 2.27. The Morgan fingerprint density at radius 1 is 1.08 bits per heavy atom. The Morgan fingerprint density at radius 2 is 1.69 bits per heavy atom. The molecule has 140 valence electrons. The highest BCUT2D eigenvalue weighted by Gasteiger charge is 2.31. The molecule has 0 saturated carbocycles. The lowest BCUT2D eigenvalue weighted by Gasteiger charge is -2.30. The number of sulfonamides is 1. The maximum Gasteiger partial charge on any atom is 0.248 e. The number of amides is 1. The average Bonchev–Trinajstić information content (AvgIpc) is 2.60. The minimum atomic E-state index is -3.62. The van der Waals surface area contributed by atoms with Crippen LogP contribution in [0.3, 0.4) is 0 Å². The van der Waals surface area contributed by atoms with E-state index >= 15 is 0 Å². The van der Waals surface area contributed by atoms with Gasteiger partial charge >= 0.3 is 0 Å². The van der Waals surface area contributed by atoms with Crippen LogP contribution in [0.4, 0.5) is 11.4 Å². The molecule has 0 spiro atoms. The standard InChI is InChI=1S/C20H26N2O3S/c1-5-16-9-7-8-10-18(16)21-20(23)19(6-2)22(26(4,24)25)17-13-11-15(3)12-14-17/h7-14,19H,5-6H2,1-4H3,(H,21,23)/t19-/m0/s1.